The lowest BCUT2D eigenvalue weighted by atomic mass is 10.2. The fraction of sp³-hybridized carbons (Fsp3) is 0.417. The molecule has 1 aromatic rings. The molecular weight excluding hydrogens is 222 g/mol. The Hall–Kier alpha value is -1.75. The van der Waals surface area contributed by atoms with Crippen LogP contribution in [-0.2, 0) is 16.1 Å². The smallest absolute Gasteiger partial charge is 0.246 e. The van der Waals surface area contributed by atoms with Crippen molar-refractivity contribution in [3.8, 4) is 11.5 Å². The lowest BCUT2D eigenvalue weighted by Gasteiger charge is -2.10. The third-order valence-electron chi connectivity index (χ3n) is 2.21. The van der Waals surface area contributed by atoms with Crippen LogP contribution in [0.4, 0.5) is 0 Å². The lowest BCUT2D eigenvalue weighted by molar-refractivity contribution is -0.124. The van der Waals surface area contributed by atoms with Gasteiger partial charge in [0.05, 0.1) is 14.2 Å². The first-order chi connectivity index (χ1) is 8.21. The van der Waals surface area contributed by atoms with Gasteiger partial charge >= 0.3 is 0 Å². The van der Waals surface area contributed by atoms with E-state index in [0.717, 1.165) is 5.56 Å². The maximum absolute atomic E-state index is 11.2. The summed E-state index contributed by atoms with van der Waals surface area (Å²) in [6.45, 7) is 0.496. The number of hydrogen-bond acceptors (Lipinski definition) is 4. The SMILES string of the molecule is COCC(=O)NCc1ccc(OC)c(OC)c1. The van der Waals surface area contributed by atoms with Crippen molar-refractivity contribution in [1.29, 1.82) is 0 Å². The van der Waals surface area contributed by atoms with Crippen molar-refractivity contribution in [3.05, 3.63) is 23.8 Å². The molecule has 5 heteroatoms. The normalized spacial score (nSPS) is 9.82. The zero-order valence-corrected chi connectivity index (χ0v) is 10.3. The molecule has 0 fully saturated rings. The van der Waals surface area contributed by atoms with Crippen LogP contribution >= 0.6 is 0 Å². The number of rotatable bonds is 6. The average molecular weight is 239 g/mol. The number of benzene rings is 1. The molecule has 0 aromatic heterocycles. The first kappa shape index (κ1) is 13.3. The van der Waals surface area contributed by atoms with Gasteiger partial charge in [0.2, 0.25) is 5.91 Å². The van der Waals surface area contributed by atoms with E-state index in [4.69, 9.17) is 14.2 Å². The first-order valence-corrected chi connectivity index (χ1v) is 5.17. The summed E-state index contributed by atoms with van der Waals surface area (Å²) in [5.74, 6) is 1.16. The van der Waals surface area contributed by atoms with Crippen molar-refractivity contribution < 1.29 is 19.0 Å². The number of hydrogen-bond donors (Lipinski definition) is 1. The van der Waals surface area contributed by atoms with Crippen LogP contribution in [0.2, 0.25) is 0 Å². The van der Waals surface area contributed by atoms with Crippen LogP contribution in [0.5, 0.6) is 11.5 Å². The van der Waals surface area contributed by atoms with E-state index in [1.54, 1.807) is 20.3 Å². The van der Waals surface area contributed by atoms with Crippen LogP contribution < -0.4 is 14.8 Å². The Morgan fingerprint density at radius 2 is 1.88 bits per heavy atom. The summed E-state index contributed by atoms with van der Waals surface area (Å²) in [6, 6.07) is 5.50. The molecule has 0 spiro atoms. The van der Waals surface area contributed by atoms with Gasteiger partial charge in [-0.25, -0.2) is 0 Å². The summed E-state index contributed by atoms with van der Waals surface area (Å²) in [5.41, 5.74) is 0.937. The highest BCUT2D eigenvalue weighted by Crippen LogP contribution is 2.27. The van der Waals surface area contributed by atoms with Gasteiger partial charge in [-0.1, -0.05) is 6.07 Å². The Kier molecular flexibility index (Phi) is 5.29. The molecule has 0 aliphatic rings. The topological polar surface area (TPSA) is 56.8 Å². The molecule has 94 valence electrons. The van der Waals surface area contributed by atoms with E-state index in [0.29, 0.717) is 18.0 Å². The van der Waals surface area contributed by atoms with Crippen LogP contribution in [0.25, 0.3) is 0 Å². The van der Waals surface area contributed by atoms with Gasteiger partial charge in [0.15, 0.2) is 11.5 Å². The van der Waals surface area contributed by atoms with Crippen molar-refractivity contribution in [2.24, 2.45) is 0 Å². The molecule has 0 aliphatic heterocycles. The maximum atomic E-state index is 11.2. The van der Waals surface area contributed by atoms with Crippen LogP contribution in [0.1, 0.15) is 5.56 Å². The van der Waals surface area contributed by atoms with E-state index < -0.39 is 0 Å². The van der Waals surface area contributed by atoms with Gasteiger partial charge in [0.25, 0.3) is 0 Å². The number of carbonyl (C=O) groups is 1. The lowest BCUT2D eigenvalue weighted by Crippen LogP contribution is -2.26. The highest BCUT2D eigenvalue weighted by atomic mass is 16.5. The fourth-order valence-electron chi connectivity index (χ4n) is 1.37. The summed E-state index contributed by atoms with van der Waals surface area (Å²) < 4.78 is 15.0. The molecule has 0 radical (unpaired) electrons. The molecule has 1 aromatic carbocycles. The summed E-state index contributed by atoms with van der Waals surface area (Å²) in [5, 5.41) is 2.73. The van der Waals surface area contributed by atoms with E-state index in [1.807, 2.05) is 12.1 Å². The fourth-order valence-corrected chi connectivity index (χ4v) is 1.37. The standard InChI is InChI=1S/C12H17NO4/c1-15-8-12(14)13-7-9-4-5-10(16-2)11(6-9)17-3/h4-6H,7-8H2,1-3H3,(H,13,14). The van der Waals surface area contributed by atoms with E-state index in [-0.39, 0.29) is 12.5 Å². The van der Waals surface area contributed by atoms with Crippen LogP contribution in [-0.4, -0.2) is 33.8 Å². The summed E-state index contributed by atoms with van der Waals surface area (Å²) in [7, 11) is 4.64. The molecule has 0 saturated heterocycles. The van der Waals surface area contributed by atoms with Crippen molar-refractivity contribution in [1.82, 2.24) is 5.32 Å². The average Bonchev–Trinajstić information content (AvgIpc) is 2.36. The van der Waals surface area contributed by atoms with E-state index in [1.165, 1.54) is 7.11 Å². The summed E-state index contributed by atoms with van der Waals surface area (Å²) in [6.07, 6.45) is 0. The van der Waals surface area contributed by atoms with Gasteiger partial charge in [-0.15, -0.1) is 0 Å². The number of nitrogens with one attached hydrogen (secondary N) is 1. The van der Waals surface area contributed by atoms with Crippen molar-refractivity contribution in [2.45, 2.75) is 6.54 Å². The minimum Gasteiger partial charge on any atom is -0.493 e. The number of methoxy groups -OCH3 is 3. The van der Waals surface area contributed by atoms with E-state index in [9.17, 15) is 4.79 Å². The summed E-state index contributed by atoms with van der Waals surface area (Å²) >= 11 is 0. The van der Waals surface area contributed by atoms with Crippen LogP contribution in [0.3, 0.4) is 0 Å². The van der Waals surface area contributed by atoms with Crippen molar-refractivity contribution >= 4 is 5.91 Å². The quantitative estimate of drug-likeness (QED) is 0.803. The van der Waals surface area contributed by atoms with Gasteiger partial charge in [0.1, 0.15) is 6.61 Å². The van der Waals surface area contributed by atoms with Crippen molar-refractivity contribution in [3.63, 3.8) is 0 Å². The molecule has 0 bridgehead atoms. The zero-order valence-electron chi connectivity index (χ0n) is 10.3. The van der Waals surface area contributed by atoms with Gasteiger partial charge in [-0.2, -0.15) is 0 Å². The van der Waals surface area contributed by atoms with Gasteiger partial charge in [-0.05, 0) is 17.7 Å². The molecular formula is C12H17NO4. The highest BCUT2D eigenvalue weighted by molar-refractivity contribution is 5.77. The maximum Gasteiger partial charge on any atom is 0.246 e. The van der Waals surface area contributed by atoms with E-state index in [2.05, 4.69) is 5.32 Å². The molecule has 0 heterocycles. The van der Waals surface area contributed by atoms with Crippen molar-refractivity contribution in [2.75, 3.05) is 27.9 Å². The monoisotopic (exact) mass is 239 g/mol. The molecule has 1 rings (SSSR count). The third-order valence-corrected chi connectivity index (χ3v) is 2.21. The molecule has 5 nitrogen and oxygen atoms in total. The Bertz CT molecular complexity index is 379. The molecule has 17 heavy (non-hydrogen) atoms. The Labute approximate surface area is 101 Å². The molecule has 1 amide bonds. The van der Waals surface area contributed by atoms with Gasteiger partial charge in [0, 0.05) is 13.7 Å². The van der Waals surface area contributed by atoms with E-state index >= 15 is 0 Å². The number of ether oxygens (including phenoxy) is 3. The second-order valence-electron chi connectivity index (χ2n) is 3.40. The van der Waals surface area contributed by atoms with Crippen LogP contribution in [0.15, 0.2) is 18.2 Å². The first-order valence-electron chi connectivity index (χ1n) is 5.17. The molecule has 1 N–H and O–H groups in total. The second-order valence-corrected chi connectivity index (χ2v) is 3.40. The van der Waals surface area contributed by atoms with Gasteiger partial charge < -0.3 is 19.5 Å². The Morgan fingerprint density at radius 1 is 1.18 bits per heavy atom. The predicted molar refractivity (Wildman–Crippen MR) is 63.3 cm³/mol. The molecule has 0 unspecified atom stereocenters. The Balaban J connectivity index is 2.63. The number of carbonyl (C=O) groups excluding carboxylic acids is 1. The Morgan fingerprint density at radius 3 is 2.47 bits per heavy atom. The van der Waals surface area contributed by atoms with Gasteiger partial charge in [-0.3, -0.25) is 4.79 Å². The molecule has 0 aliphatic carbocycles. The molecule has 0 saturated carbocycles. The third kappa shape index (κ3) is 3.96. The summed E-state index contributed by atoms with van der Waals surface area (Å²) in [4.78, 5) is 11.2. The number of amides is 1. The second kappa shape index (κ2) is 6.75. The predicted octanol–water partition coefficient (Wildman–Crippen LogP) is 0.966. The molecule has 0 atom stereocenters. The van der Waals surface area contributed by atoms with Crippen LogP contribution in [0, 0.1) is 0 Å². The largest absolute Gasteiger partial charge is 0.493 e. The zero-order chi connectivity index (χ0) is 12.7. The minimum atomic E-state index is -0.151. The highest BCUT2D eigenvalue weighted by Gasteiger charge is 2.05. The minimum absolute atomic E-state index is 0.0628.